The molecule has 0 saturated carbocycles. The van der Waals surface area contributed by atoms with E-state index in [1.807, 2.05) is 9.80 Å². The van der Waals surface area contributed by atoms with Gasteiger partial charge in [-0.05, 0) is 39.5 Å². The van der Waals surface area contributed by atoms with Gasteiger partial charge < -0.3 is 20.0 Å². The highest BCUT2D eigenvalue weighted by atomic mass is 16.2. The van der Waals surface area contributed by atoms with Gasteiger partial charge in [-0.2, -0.15) is 0 Å². The zero-order valence-corrected chi connectivity index (χ0v) is 18.2. The van der Waals surface area contributed by atoms with Crippen molar-refractivity contribution < 1.29 is 9.59 Å². The number of amides is 2. The Labute approximate surface area is 175 Å². The van der Waals surface area contributed by atoms with E-state index in [4.69, 9.17) is 4.99 Å². The maximum absolute atomic E-state index is 12.7. The van der Waals surface area contributed by atoms with Crippen molar-refractivity contribution in [2.75, 3.05) is 65.4 Å². The van der Waals surface area contributed by atoms with Gasteiger partial charge in [0.15, 0.2) is 5.96 Å². The first-order chi connectivity index (χ1) is 14.1. The van der Waals surface area contributed by atoms with Crippen molar-refractivity contribution in [2.45, 2.75) is 52.0 Å². The van der Waals surface area contributed by atoms with Crippen LogP contribution in [0.3, 0.4) is 0 Å². The quantitative estimate of drug-likeness (QED) is 0.381. The van der Waals surface area contributed by atoms with E-state index in [1.54, 1.807) is 0 Å². The Morgan fingerprint density at radius 1 is 1.03 bits per heavy atom. The van der Waals surface area contributed by atoms with E-state index in [1.165, 1.54) is 0 Å². The molecule has 29 heavy (non-hydrogen) atoms. The third-order valence-electron chi connectivity index (χ3n) is 6.29. The summed E-state index contributed by atoms with van der Waals surface area (Å²) in [6.45, 7) is 12.8. The van der Waals surface area contributed by atoms with Crippen LogP contribution in [0.25, 0.3) is 0 Å². The van der Waals surface area contributed by atoms with Gasteiger partial charge in [-0.25, -0.2) is 0 Å². The summed E-state index contributed by atoms with van der Waals surface area (Å²) in [5.41, 5.74) is 0. The Bertz CT molecular complexity index is 582. The van der Waals surface area contributed by atoms with Gasteiger partial charge in [0.25, 0.3) is 0 Å². The number of aliphatic imine (C=N–C) groups is 1. The lowest BCUT2D eigenvalue weighted by molar-refractivity contribution is -0.135. The Morgan fingerprint density at radius 3 is 2.38 bits per heavy atom. The molecule has 8 nitrogen and oxygen atoms in total. The molecule has 3 aliphatic heterocycles. The van der Waals surface area contributed by atoms with Crippen LogP contribution in [0.1, 0.15) is 46.0 Å². The van der Waals surface area contributed by atoms with Crippen LogP contribution in [0.5, 0.6) is 0 Å². The van der Waals surface area contributed by atoms with Crippen LogP contribution in [0.4, 0.5) is 0 Å². The van der Waals surface area contributed by atoms with Crippen molar-refractivity contribution in [3.8, 4) is 0 Å². The monoisotopic (exact) mass is 406 g/mol. The van der Waals surface area contributed by atoms with Crippen molar-refractivity contribution in [1.29, 1.82) is 0 Å². The minimum atomic E-state index is -0.0345. The van der Waals surface area contributed by atoms with Crippen LogP contribution < -0.4 is 5.32 Å². The molecule has 1 unspecified atom stereocenters. The second-order valence-electron chi connectivity index (χ2n) is 8.30. The van der Waals surface area contributed by atoms with Gasteiger partial charge in [-0.1, -0.05) is 0 Å². The topological polar surface area (TPSA) is 71.5 Å². The molecule has 0 radical (unpaired) electrons. The molecule has 1 N–H and O–H groups in total. The van der Waals surface area contributed by atoms with Gasteiger partial charge in [0.2, 0.25) is 11.8 Å². The number of hydrogen-bond acceptors (Lipinski definition) is 4. The van der Waals surface area contributed by atoms with Crippen molar-refractivity contribution in [3.63, 3.8) is 0 Å². The van der Waals surface area contributed by atoms with E-state index in [0.29, 0.717) is 6.42 Å². The molecule has 2 amide bonds. The fraction of sp³-hybridized carbons (Fsp3) is 0.857. The summed E-state index contributed by atoms with van der Waals surface area (Å²) in [5.74, 6) is 1.53. The van der Waals surface area contributed by atoms with Gasteiger partial charge in [-0.3, -0.25) is 19.5 Å². The van der Waals surface area contributed by atoms with E-state index in [-0.39, 0.29) is 17.9 Å². The first-order valence-corrected chi connectivity index (χ1v) is 11.4. The van der Waals surface area contributed by atoms with E-state index >= 15 is 0 Å². The fourth-order valence-electron chi connectivity index (χ4n) is 4.49. The van der Waals surface area contributed by atoms with Crippen LogP contribution in [-0.2, 0) is 9.59 Å². The third kappa shape index (κ3) is 5.84. The van der Waals surface area contributed by atoms with Crippen molar-refractivity contribution in [1.82, 2.24) is 24.9 Å². The first kappa shape index (κ1) is 21.9. The van der Waals surface area contributed by atoms with Crippen LogP contribution in [0.2, 0.25) is 0 Å². The lowest BCUT2D eigenvalue weighted by Crippen LogP contribution is -2.57. The van der Waals surface area contributed by atoms with Crippen LogP contribution in [0, 0.1) is 0 Å². The number of piperazine rings is 1. The van der Waals surface area contributed by atoms with Crippen LogP contribution in [-0.4, -0.2) is 109 Å². The molecule has 164 valence electrons. The maximum Gasteiger partial charge on any atom is 0.239 e. The fourth-order valence-corrected chi connectivity index (χ4v) is 4.49. The largest absolute Gasteiger partial charge is 0.357 e. The zero-order chi connectivity index (χ0) is 20.6. The zero-order valence-electron chi connectivity index (χ0n) is 18.2. The Morgan fingerprint density at radius 2 is 1.76 bits per heavy atom. The second kappa shape index (κ2) is 10.8. The van der Waals surface area contributed by atoms with E-state index in [0.717, 1.165) is 97.1 Å². The predicted octanol–water partition coefficient (Wildman–Crippen LogP) is 0.593. The number of guanidine groups is 1. The summed E-state index contributed by atoms with van der Waals surface area (Å²) in [6, 6.07) is -0.0345. The van der Waals surface area contributed by atoms with Gasteiger partial charge in [0.05, 0.1) is 6.04 Å². The van der Waals surface area contributed by atoms with E-state index in [9.17, 15) is 9.59 Å². The summed E-state index contributed by atoms with van der Waals surface area (Å²) in [6.07, 6.45) is 4.88. The average molecular weight is 407 g/mol. The smallest absolute Gasteiger partial charge is 0.239 e. The molecule has 0 aliphatic carbocycles. The molecule has 3 heterocycles. The lowest BCUT2D eigenvalue weighted by atomic mass is 10.2. The molecular weight excluding hydrogens is 368 g/mol. The molecule has 3 saturated heterocycles. The minimum Gasteiger partial charge on any atom is -0.357 e. The molecule has 3 aliphatic rings. The molecule has 1 atom stereocenters. The summed E-state index contributed by atoms with van der Waals surface area (Å²) < 4.78 is 0. The average Bonchev–Trinajstić information content (AvgIpc) is 3.41. The number of nitrogens with one attached hydrogen (secondary N) is 1. The predicted molar refractivity (Wildman–Crippen MR) is 115 cm³/mol. The third-order valence-corrected chi connectivity index (χ3v) is 6.29. The minimum absolute atomic E-state index is 0.0345. The van der Waals surface area contributed by atoms with Gasteiger partial charge in [0, 0.05) is 71.9 Å². The highest BCUT2D eigenvalue weighted by Crippen LogP contribution is 2.14. The number of hydrogen-bond donors (Lipinski definition) is 1. The second-order valence-corrected chi connectivity index (χ2v) is 8.30. The van der Waals surface area contributed by atoms with E-state index < -0.39 is 0 Å². The van der Waals surface area contributed by atoms with Gasteiger partial charge >= 0.3 is 0 Å². The molecule has 0 spiro atoms. The number of likely N-dealkylation sites (tertiary alicyclic amines) is 2. The summed E-state index contributed by atoms with van der Waals surface area (Å²) in [7, 11) is 0. The molecule has 8 heteroatoms. The standard InChI is InChI=1S/C21H38N6O2/c1-3-22-21(23-9-7-13-25-12-6-8-19(25)28)27-16-14-24(15-17-27)18(2)20(29)26-10-4-5-11-26/h18H,3-17H2,1-2H3,(H,22,23). The maximum atomic E-state index is 12.7. The number of nitrogens with zero attached hydrogens (tertiary/aromatic N) is 5. The molecule has 3 fully saturated rings. The van der Waals surface area contributed by atoms with Crippen LogP contribution >= 0.6 is 0 Å². The molecule has 0 aromatic carbocycles. The number of carbonyl (C=O) groups is 2. The highest BCUT2D eigenvalue weighted by Gasteiger charge is 2.30. The first-order valence-electron chi connectivity index (χ1n) is 11.4. The van der Waals surface area contributed by atoms with Crippen LogP contribution in [0.15, 0.2) is 4.99 Å². The summed E-state index contributed by atoms with van der Waals surface area (Å²) >= 11 is 0. The van der Waals surface area contributed by atoms with Crippen molar-refractivity contribution in [2.24, 2.45) is 4.99 Å². The lowest BCUT2D eigenvalue weighted by Gasteiger charge is -2.39. The van der Waals surface area contributed by atoms with E-state index in [2.05, 4.69) is 29.0 Å². The molecule has 0 bridgehead atoms. The van der Waals surface area contributed by atoms with Crippen molar-refractivity contribution >= 4 is 17.8 Å². The normalized spacial score (nSPS) is 22.5. The molecule has 3 rings (SSSR count). The summed E-state index contributed by atoms with van der Waals surface area (Å²) in [5, 5.41) is 3.40. The van der Waals surface area contributed by atoms with Gasteiger partial charge in [0.1, 0.15) is 0 Å². The van der Waals surface area contributed by atoms with Gasteiger partial charge in [-0.15, -0.1) is 0 Å². The Balaban J connectivity index is 1.44. The van der Waals surface area contributed by atoms with Crippen molar-refractivity contribution in [3.05, 3.63) is 0 Å². The SMILES string of the molecule is CCNC(=NCCCN1CCCC1=O)N1CCN(C(C)C(=O)N2CCCC2)CC1. The molecular formula is C21H38N6O2. The molecule has 0 aromatic rings. The number of carbonyl (C=O) groups excluding carboxylic acids is 2. The number of rotatable bonds is 7. The Kier molecular flexibility index (Phi) is 8.15. The summed E-state index contributed by atoms with van der Waals surface area (Å²) in [4.78, 5) is 37.8. The molecule has 0 aromatic heterocycles. The Hall–Kier alpha value is -1.83. The highest BCUT2D eigenvalue weighted by molar-refractivity contribution is 5.82.